The van der Waals surface area contributed by atoms with E-state index in [0.29, 0.717) is 17.1 Å². The van der Waals surface area contributed by atoms with Crippen LogP contribution in [0.15, 0.2) is 75.1 Å². The second-order valence-electron chi connectivity index (χ2n) is 7.54. The normalized spacial score (nSPS) is 11.2. The molecule has 0 heterocycles. The van der Waals surface area contributed by atoms with Crippen LogP contribution in [0.3, 0.4) is 0 Å². The number of sulfonamides is 1. The SMILES string of the molecule is COc1ccc(N(CC(=O)N/N=C/c2cc(Br)ccc2OC)S(=O)(=O)c2ccc(C)cc2)c(OC)c1. The molecule has 3 aromatic rings. The van der Waals surface area contributed by atoms with Gasteiger partial charge in [-0.05, 0) is 49.4 Å². The Labute approximate surface area is 218 Å². The minimum Gasteiger partial charge on any atom is -0.497 e. The standard InChI is InChI=1S/C25H26BrN3O6S/c1-17-5-9-21(10-6-17)36(31,32)29(22-11-8-20(33-2)14-24(22)35-4)16-25(30)28-27-15-18-13-19(26)7-12-23(18)34-3/h5-15H,16H2,1-4H3,(H,28,30)/b27-15+. The van der Waals surface area contributed by atoms with Gasteiger partial charge in [0.05, 0.1) is 38.1 Å². The Morgan fingerprint density at radius 2 is 1.67 bits per heavy atom. The average Bonchev–Trinajstić information content (AvgIpc) is 2.87. The van der Waals surface area contributed by atoms with Crippen LogP contribution in [-0.2, 0) is 14.8 Å². The third-order valence-electron chi connectivity index (χ3n) is 5.14. The quantitative estimate of drug-likeness (QED) is 0.288. The number of hydrogen-bond donors (Lipinski definition) is 1. The first-order valence-electron chi connectivity index (χ1n) is 10.7. The van der Waals surface area contributed by atoms with Crippen LogP contribution in [0.25, 0.3) is 0 Å². The zero-order chi connectivity index (χ0) is 26.3. The lowest BCUT2D eigenvalue weighted by atomic mass is 10.2. The highest BCUT2D eigenvalue weighted by molar-refractivity contribution is 9.10. The average molecular weight is 576 g/mol. The van der Waals surface area contributed by atoms with E-state index < -0.39 is 22.5 Å². The van der Waals surface area contributed by atoms with Crippen LogP contribution in [-0.4, -0.2) is 48.4 Å². The predicted octanol–water partition coefficient (Wildman–Crippen LogP) is 4.13. The zero-order valence-corrected chi connectivity index (χ0v) is 22.6. The van der Waals surface area contributed by atoms with Crippen LogP contribution in [0.5, 0.6) is 17.2 Å². The molecular weight excluding hydrogens is 550 g/mol. The van der Waals surface area contributed by atoms with E-state index in [1.807, 2.05) is 13.0 Å². The first kappa shape index (κ1) is 27.0. The van der Waals surface area contributed by atoms with Gasteiger partial charge >= 0.3 is 0 Å². The van der Waals surface area contributed by atoms with Crippen molar-refractivity contribution in [2.75, 3.05) is 32.2 Å². The molecule has 0 radical (unpaired) electrons. The van der Waals surface area contributed by atoms with Gasteiger partial charge in [0.1, 0.15) is 23.8 Å². The third-order valence-corrected chi connectivity index (χ3v) is 7.40. The van der Waals surface area contributed by atoms with Crippen LogP contribution < -0.4 is 23.9 Å². The van der Waals surface area contributed by atoms with Crippen molar-refractivity contribution in [2.24, 2.45) is 5.10 Å². The van der Waals surface area contributed by atoms with Gasteiger partial charge in [0.25, 0.3) is 15.9 Å². The molecule has 0 spiro atoms. The third kappa shape index (κ3) is 6.35. The summed E-state index contributed by atoms with van der Waals surface area (Å²) < 4.78 is 44.9. The van der Waals surface area contributed by atoms with Crippen LogP contribution >= 0.6 is 15.9 Å². The number of hydrogen-bond acceptors (Lipinski definition) is 7. The molecule has 1 amide bonds. The molecule has 9 nitrogen and oxygen atoms in total. The maximum atomic E-state index is 13.6. The van der Waals surface area contributed by atoms with Gasteiger partial charge in [-0.1, -0.05) is 33.6 Å². The highest BCUT2D eigenvalue weighted by Crippen LogP contribution is 2.35. The van der Waals surface area contributed by atoms with E-state index in [1.54, 1.807) is 36.4 Å². The summed E-state index contributed by atoms with van der Waals surface area (Å²) in [5.74, 6) is 0.594. The monoisotopic (exact) mass is 575 g/mol. The van der Waals surface area contributed by atoms with Crippen molar-refractivity contribution in [1.82, 2.24) is 5.43 Å². The highest BCUT2D eigenvalue weighted by Gasteiger charge is 2.29. The number of anilines is 1. The van der Waals surface area contributed by atoms with Crippen molar-refractivity contribution in [3.8, 4) is 17.2 Å². The highest BCUT2D eigenvalue weighted by atomic mass is 79.9. The van der Waals surface area contributed by atoms with Gasteiger partial charge in [0.15, 0.2) is 0 Å². The van der Waals surface area contributed by atoms with Gasteiger partial charge in [0.2, 0.25) is 0 Å². The molecule has 11 heteroatoms. The second kappa shape index (κ2) is 11.9. The first-order valence-corrected chi connectivity index (χ1v) is 12.9. The van der Waals surface area contributed by atoms with E-state index in [9.17, 15) is 13.2 Å². The van der Waals surface area contributed by atoms with Crippen molar-refractivity contribution in [2.45, 2.75) is 11.8 Å². The van der Waals surface area contributed by atoms with Crippen LogP contribution in [0.4, 0.5) is 5.69 Å². The summed E-state index contributed by atoms with van der Waals surface area (Å²) in [6.07, 6.45) is 1.41. The fourth-order valence-electron chi connectivity index (χ4n) is 3.27. The lowest BCUT2D eigenvalue weighted by Crippen LogP contribution is -2.39. The predicted molar refractivity (Wildman–Crippen MR) is 142 cm³/mol. The molecular formula is C25H26BrN3O6S. The number of nitrogens with zero attached hydrogens (tertiary/aromatic N) is 2. The number of methoxy groups -OCH3 is 3. The largest absolute Gasteiger partial charge is 0.497 e. The van der Waals surface area contributed by atoms with E-state index in [4.69, 9.17) is 14.2 Å². The molecule has 3 rings (SSSR count). The van der Waals surface area contributed by atoms with Crippen molar-refractivity contribution >= 4 is 43.8 Å². The molecule has 1 N–H and O–H groups in total. The van der Waals surface area contributed by atoms with E-state index in [2.05, 4.69) is 26.5 Å². The number of rotatable bonds is 10. The second-order valence-corrected chi connectivity index (χ2v) is 10.3. The smallest absolute Gasteiger partial charge is 0.264 e. The maximum Gasteiger partial charge on any atom is 0.264 e. The van der Waals surface area contributed by atoms with Crippen molar-refractivity contribution in [1.29, 1.82) is 0 Å². The van der Waals surface area contributed by atoms with Gasteiger partial charge in [-0.15, -0.1) is 0 Å². The molecule has 0 aliphatic heterocycles. The molecule has 190 valence electrons. The Morgan fingerprint density at radius 1 is 0.972 bits per heavy atom. The van der Waals surface area contributed by atoms with Crippen LogP contribution in [0, 0.1) is 6.92 Å². The molecule has 0 unspecified atom stereocenters. The van der Waals surface area contributed by atoms with E-state index in [0.717, 1.165) is 14.3 Å². The Balaban J connectivity index is 1.94. The van der Waals surface area contributed by atoms with Gasteiger partial charge in [-0.2, -0.15) is 5.10 Å². The van der Waals surface area contributed by atoms with E-state index in [1.165, 1.54) is 45.7 Å². The Morgan fingerprint density at radius 3 is 2.31 bits per heavy atom. The minimum atomic E-state index is -4.14. The molecule has 0 fully saturated rings. The van der Waals surface area contributed by atoms with Gasteiger partial charge < -0.3 is 14.2 Å². The Kier molecular flexibility index (Phi) is 8.94. The van der Waals surface area contributed by atoms with Crippen molar-refractivity contribution < 1.29 is 27.4 Å². The number of nitrogens with one attached hydrogen (secondary N) is 1. The number of carbonyl (C=O) groups is 1. The molecule has 0 aliphatic rings. The number of carbonyl (C=O) groups excluding carboxylic acids is 1. The molecule has 0 aliphatic carbocycles. The summed E-state index contributed by atoms with van der Waals surface area (Å²) in [7, 11) is 0.280. The summed E-state index contributed by atoms with van der Waals surface area (Å²) in [5.41, 5.74) is 4.07. The van der Waals surface area contributed by atoms with Gasteiger partial charge in [-0.25, -0.2) is 13.8 Å². The molecule has 0 aromatic heterocycles. The summed E-state index contributed by atoms with van der Waals surface area (Å²) in [6.45, 7) is 1.30. The lowest BCUT2D eigenvalue weighted by molar-refractivity contribution is -0.119. The lowest BCUT2D eigenvalue weighted by Gasteiger charge is -2.25. The molecule has 0 atom stereocenters. The fraction of sp³-hybridized carbons (Fsp3) is 0.200. The summed E-state index contributed by atoms with van der Waals surface area (Å²) >= 11 is 3.38. The first-order chi connectivity index (χ1) is 17.2. The number of ether oxygens (including phenoxy) is 3. The van der Waals surface area contributed by atoms with Crippen LogP contribution in [0.1, 0.15) is 11.1 Å². The maximum absolute atomic E-state index is 13.6. The summed E-state index contributed by atoms with van der Waals surface area (Å²) in [6, 6.07) is 16.3. The molecule has 3 aromatic carbocycles. The topological polar surface area (TPSA) is 107 Å². The van der Waals surface area contributed by atoms with E-state index >= 15 is 0 Å². The molecule has 36 heavy (non-hydrogen) atoms. The van der Waals surface area contributed by atoms with E-state index in [-0.39, 0.29) is 16.3 Å². The molecule has 0 saturated heterocycles. The van der Waals surface area contributed by atoms with Crippen LogP contribution in [0.2, 0.25) is 0 Å². The zero-order valence-electron chi connectivity index (χ0n) is 20.2. The Bertz CT molecular complexity index is 1360. The van der Waals surface area contributed by atoms with Gasteiger partial charge in [-0.3, -0.25) is 9.10 Å². The molecule has 0 bridgehead atoms. The number of halogens is 1. The summed E-state index contributed by atoms with van der Waals surface area (Å²) in [5, 5.41) is 3.98. The van der Waals surface area contributed by atoms with Crippen molar-refractivity contribution in [3.05, 3.63) is 76.3 Å². The number of aryl methyl sites for hydroxylation is 1. The number of hydrazone groups is 1. The fourth-order valence-corrected chi connectivity index (χ4v) is 5.08. The van der Waals surface area contributed by atoms with Gasteiger partial charge in [0, 0.05) is 16.1 Å². The summed E-state index contributed by atoms with van der Waals surface area (Å²) in [4.78, 5) is 12.9. The van der Waals surface area contributed by atoms with Crippen molar-refractivity contribution in [3.63, 3.8) is 0 Å². The molecule has 0 saturated carbocycles. The number of benzene rings is 3. The number of amides is 1. The minimum absolute atomic E-state index is 0.0288. The Hall–Kier alpha value is -3.57.